The molecule has 1 saturated carbocycles. The number of aliphatic hydroxyl groups is 2. The van der Waals surface area contributed by atoms with Gasteiger partial charge in [0.1, 0.15) is 5.75 Å². The maximum Gasteiger partial charge on any atom is 0.181 e. The molecule has 0 aromatic heterocycles. The number of sulfone groups is 1. The molecule has 4 N–H and O–H groups in total. The maximum atomic E-state index is 12.9. The zero-order chi connectivity index (χ0) is 28.4. The predicted molar refractivity (Wildman–Crippen MR) is 156 cm³/mol. The van der Waals surface area contributed by atoms with Crippen LogP contribution in [0.1, 0.15) is 66.0 Å². The Morgan fingerprint density at radius 1 is 0.925 bits per heavy atom. The van der Waals surface area contributed by atoms with Gasteiger partial charge in [-0.25, -0.2) is 8.42 Å². The second-order valence-electron chi connectivity index (χ2n) is 10.6. The van der Waals surface area contributed by atoms with E-state index in [2.05, 4.69) is 17.4 Å². The third-order valence-corrected chi connectivity index (χ3v) is 9.83. The summed E-state index contributed by atoms with van der Waals surface area (Å²) < 4.78 is 31.7. The van der Waals surface area contributed by atoms with Gasteiger partial charge in [0.2, 0.25) is 0 Å². The first kappa shape index (κ1) is 30.2. The van der Waals surface area contributed by atoms with Gasteiger partial charge in [0, 0.05) is 18.7 Å². The minimum atomic E-state index is -3.23. The number of ether oxygens (including phenoxy) is 1. The molecule has 40 heavy (non-hydrogen) atoms. The van der Waals surface area contributed by atoms with E-state index < -0.39 is 15.9 Å². The predicted octanol–water partition coefficient (Wildman–Crippen LogP) is 4.62. The van der Waals surface area contributed by atoms with Crippen molar-refractivity contribution < 1.29 is 28.5 Å². The van der Waals surface area contributed by atoms with E-state index in [4.69, 9.17) is 4.74 Å². The van der Waals surface area contributed by atoms with Crippen LogP contribution in [0, 0.1) is 0 Å². The molecule has 1 aliphatic carbocycles. The number of aryl methyl sites for hydroxylation is 1. The topological polar surface area (TPSA) is 116 Å². The molecule has 1 aliphatic rings. The first-order valence-electron chi connectivity index (χ1n) is 14.2. The summed E-state index contributed by atoms with van der Waals surface area (Å²) in [5.41, 5.74) is 4.35. The Hall–Kier alpha value is -2.75. The molecule has 0 saturated heterocycles. The number of nitrogens with one attached hydrogen (secondary N) is 1. The lowest BCUT2D eigenvalue weighted by molar-refractivity contribution is 0.118. The maximum absolute atomic E-state index is 12.9. The van der Waals surface area contributed by atoms with E-state index in [-0.39, 0.29) is 17.6 Å². The Balaban J connectivity index is 1.15. The molecule has 1 atom stereocenters. The molecule has 4 rings (SSSR count). The van der Waals surface area contributed by atoms with Crippen LogP contribution in [-0.2, 0) is 40.6 Å². The summed E-state index contributed by atoms with van der Waals surface area (Å²) >= 11 is 0. The van der Waals surface area contributed by atoms with E-state index in [1.165, 1.54) is 11.6 Å². The molecule has 0 bridgehead atoms. The van der Waals surface area contributed by atoms with Gasteiger partial charge in [0.25, 0.3) is 0 Å². The minimum Gasteiger partial charge on any atom is -0.508 e. The van der Waals surface area contributed by atoms with Crippen LogP contribution in [0.5, 0.6) is 5.75 Å². The first-order valence-corrected chi connectivity index (χ1v) is 15.7. The largest absolute Gasteiger partial charge is 0.508 e. The third-order valence-electron chi connectivity index (χ3n) is 7.57. The summed E-state index contributed by atoms with van der Waals surface area (Å²) in [4.78, 5) is 0.454. The fourth-order valence-corrected chi connectivity index (χ4v) is 7.16. The molecule has 0 heterocycles. The molecule has 0 radical (unpaired) electrons. The second kappa shape index (κ2) is 14.8. The molecule has 1 fully saturated rings. The fourth-order valence-electron chi connectivity index (χ4n) is 5.24. The second-order valence-corrected chi connectivity index (χ2v) is 12.8. The van der Waals surface area contributed by atoms with Gasteiger partial charge in [0.05, 0.1) is 29.5 Å². The van der Waals surface area contributed by atoms with Gasteiger partial charge in [-0.1, -0.05) is 55.3 Å². The first-order chi connectivity index (χ1) is 19.4. The molecule has 0 amide bonds. The molecular formula is C32H41NO6S. The zero-order valence-electron chi connectivity index (χ0n) is 23.0. The number of hydrogen-bond donors (Lipinski definition) is 4. The van der Waals surface area contributed by atoms with Crippen molar-refractivity contribution >= 4 is 9.84 Å². The van der Waals surface area contributed by atoms with Crippen LogP contribution in [-0.4, -0.2) is 48.7 Å². The number of aliphatic hydroxyl groups excluding tert-OH is 2. The van der Waals surface area contributed by atoms with Gasteiger partial charge >= 0.3 is 0 Å². The van der Waals surface area contributed by atoms with Gasteiger partial charge in [-0.15, -0.1) is 0 Å². The van der Waals surface area contributed by atoms with Crippen LogP contribution >= 0.6 is 0 Å². The normalized spacial score (nSPS) is 14.9. The lowest BCUT2D eigenvalue weighted by atomic mass is 10.0. The summed E-state index contributed by atoms with van der Waals surface area (Å²) in [6.07, 6.45) is 5.21. The molecule has 3 aromatic rings. The molecule has 7 nitrogen and oxygen atoms in total. The monoisotopic (exact) mass is 567 g/mol. The summed E-state index contributed by atoms with van der Waals surface area (Å²) in [5.74, 6) is 0.0208. The number of benzene rings is 3. The highest BCUT2D eigenvalue weighted by Gasteiger charge is 2.30. The van der Waals surface area contributed by atoms with Crippen molar-refractivity contribution in [1.29, 1.82) is 0 Å². The Bertz CT molecular complexity index is 1340. The van der Waals surface area contributed by atoms with Crippen molar-refractivity contribution in [2.75, 3.05) is 19.7 Å². The average molecular weight is 568 g/mol. The highest BCUT2D eigenvalue weighted by Crippen LogP contribution is 2.30. The lowest BCUT2D eigenvalue weighted by Crippen LogP contribution is -2.23. The van der Waals surface area contributed by atoms with Crippen LogP contribution in [0.15, 0.2) is 71.6 Å². The van der Waals surface area contributed by atoms with Crippen LogP contribution < -0.4 is 5.32 Å². The molecule has 0 spiro atoms. The van der Waals surface area contributed by atoms with E-state index in [9.17, 15) is 23.7 Å². The summed E-state index contributed by atoms with van der Waals surface area (Å²) in [5, 5.41) is 32.4. The van der Waals surface area contributed by atoms with Crippen molar-refractivity contribution in [3.63, 3.8) is 0 Å². The van der Waals surface area contributed by atoms with E-state index in [1.807, 2.05) is 30.3 Å². The van der Waals surface area contributed by atoms with Gasteiger partial charge in [-0.2, -0.15) is 0 Å². The van der Waals surface area contributed by atoms with E-state index >= 15 is 0 Å². The van der Waals surface area contributed by atoms with Crippen molar-refractivity contribution in [2.45, 2.75) is 74.4 Å². The Labute approximate surface area is 237 Å². The summed E-state index contributed by atoms with van der Waals surface area (Å²) in [7, 11) is -3.23. The van der Waals surface area contributed by atoms with Crippen LogP contribution in [0.3, 0.4) is 0 Å². The van der Waals surface area contributed by atoms with Crippen LogP contribution in [0.4, 0.5) is 0 Å². The van der Waals surface area contributed by atoms with Gasteiger partial charge in [0.15, 0.2) is 9.84 Å². The summed E-state index contributed by atoms with van der Waals surface area (Å²) in [6.45, 7) is 1.90. The summed E-state index contributed by atoms with van der Waals surface area (Å²) in [6, 6.07) is 20.4. The lowest BCUT2D eigenvalue weighted by Gasteiger charge is -2.14. The highest BCUT2D eigenvalue weighted by atomic mass is 32.2. The van der Waals surface area contributed by atoms with E-state index in [1.54, 1.807) is 18.2 Å². The van der Waals surface area contributed by atoms with Gasteiger partial charge in [-0.05, 0) is 85.2 Å². The molecular weight excluding hydrogens is 526 g/mol. The molecule has 3 aromatic carbocycles. The molecule has 0 aliphatic heterocycles. The van der Waals surface area contributed by atoms with Crippen LogP contribution in [0.25, 0.3) is 0 Å². The smallest absolute Gasteiger partial charge is 0.181 e. The quantitative estimate of drug-likeness (QED) is 0.198. The highest BCUT2D eigenvalue weighted by molar-refractivity contribution is 7.92. The third kappa shape index (κ3) is 8.38. The zero-order valence-corrected chi connectivity index (χ0v) is 23.8. The van der Waals surface area contributed by atoms with Crippen molar-refractivity contribution in [3.05, 3.63) is 94.5 Å². The minimum absolute atomic E-state index is 0.0208. The molecule has 8 heteroatoms. The standard InChI is InChI=1S/C32H41NO6S/c34-22-28-20-27(13-14-31(28)35)32(36)21-33-16-15-25-6-3-8-26(18-25)23-39-17-5-9-24-7-4-12-30(19-24)40(37,38)29-10-1-2-11-29/h3-4,6-8,12-14,18-20,29,32-36H,1-2,5,9-11,15-17,21-23H2/t32-/m0/s1. The Morgan fingerprint density at radius 3 is 2.42 bits per heavy atom. The van der Waals surface area contributed by atoms with Crippen molar-refractivity contribution in [1.82, 2.24) is 5.32 Å². The van der Waals surface area contributed by atoms with E-state index in [0.29, 0.717) is 42.3 Å². The number of rotatable bonds is 15. The van der Waals surface area contributed by atoms with Gasteiger partial charge in [-0.3, -0.25) is 0 Å². The average Bonchev–Trinajstić information content (AvgIpc) is 3.52. The number of hydrogen-bond acceptors (Lipinski definition) is 7. The SMILES string of the molecule is O=S(=O)(c1cccc(CCCOCc2cccc(CCNC[C@H](O)c3ccc(O)c(CO)c3)c2)c1)C1CCCC1. The van der Waals surface area contributed by atoms with Crippen molar-refractivity contribution in [2.24, 2.45) is 0 Å². The number of aromatic hydroxyl groups is 1. The van der Waals surface area contributed by atoms with Crippen molar-refractivity contribution in [3.8, 4) is 5.75 Å². The number of phenols is 1. The Morgan fingerprint density at radius 2 is 1.65 bits per heavy atom. The molecule has 0 unspecified atom stereocenters. The van der Waals surface area contributed by atoms with Crippen LogP contribution in [0.2, 0.25) is 0 Å². The Kier molecular flexibility index (Phi) is 11.1. The van der Waals surface area contributed by atoms with Gasteiger partial charge < -0.3 is 25.4 Å². The molecule has 216 valence electrons. The fraction of sp³-hybridized carbons (Fsp3) is 0.438. The van der Waals surface area contributed by atoms with E-state index in [0.717, 1.165) is 56.1 Å².